The molecule has 7 heteroatoms. The SMILES string of the molecule is CCOC(=O)[C@@H](C(N)=O)c1nc2ccccc2nc1CC(=O)c1ccc(C)cc1C. The number of aromatic nitrogens is 2. The van der Waals surface area contributed by atoms with Crippen LogP contribution < -0.4 is 5.73 Å². The number of aryl methyl sites for hydroxylation is 2. The third-order valence-electron chi connectivity index (χ3n) is 4.76. The van der Waals surface area contributed by atoms with Gasteiger partial charge in [-0.1, -0.05) is 35.9 Å². The number of nitrogens with two attached hydrogens (primary N) is 1. The van der Waals surface area contributed by atoms with Crippen LogP contribution in [0.15, 0.2) is 42.5 Å². The second-order valence-corrected chi connectivity index (χ2v) is 7.05. The lowest BCUT2D eigenvalue weighted by Gasteiger charge is -2.16. The van der Waals surface area contributed by atoms with Crippen LogP contribution in [0, 0.1) is 13.8 Å². The van der Waals surface area contributed by atoms with E-state index >= 15 is 0 Å². The molecule has 7 nitrogen and oxygen atoms in total. The highest BCUT2D eigenvalue weighted by Crippen LogP contribution is 2.24. The molecule has 1 amide bonds. The van der Waals surface area contributed by atoms with Crippen LogP contribution in [0.5, 0.6) is 0 Å². The Kier molecular flexibility index (Phi) is 6.20. The highest BCUT2D eigenvalue weighted by molar-refractivity contribution is 6.04. The van der Waals surface area contributed by atoms with Crippen molar-refractivity contribution >= 4 is 28.7 Å². The van der Waals surface area contributed by atoms with E-state index in [2.05, 4.69) is 9.97 Å². The maximum absolute atomic E-state index is 13.0. The Morgan fingerprint density at radius 3 is 2.30 bits per heavy atom. The van der Waals surface area contributed by atoms with Crippen LogP contribution in [-0.4, -0.2) is 34.2 Å². The summed E-state index contributed by atoms with van der Waals surface area (Å²) in [5.41, 5.74) is 9.27. The number of esters is 1. The van der Waals surface area contributed by atoms with E-state index in [-0.39, 0.29) is 30.2 Å². The van der Waals surface area contributed by atoms with Gasteiger partial charge in [-0.2, -0.15) is 0 Å². The van der Waals surface area contributed by atoms with Gasteiger partial charge in [0.15, 0.2) is 11.7 Å². The lowest BCUT2D eigenvalue weighted by molar-refractivity contribution is -0.147. The summed E-state index contributed by atoms with van der Waals surface area (Å²) in [6.45, 7) is 5.52. The number of fused-ring (bicyclic) bond motifs is 1. The molecule has 1 atom stereocenters. The topological polar surface area (TPSA) is 112 Å². The highest BCUT2D eigenvalue weighted by Gasteiger charge is 2.33. The quantitative estimate of drug-likeness (QED) is 0.367. The lowest BCUT2D eigenvalue weighted by atomic mass is 9.95. The number of carbonyl (C=O) groups is 3. The fourth-order valence-corrected chi connectivity index (χ4v) is 3.37. The molecule has 0 spiro atoms. The zero-order valence-corrected chi connectivity index (χ0v) is 17.1. The van der Waals surface area contributed by atoms with E-state index in [1.54, 1.807) is 37.3 Å². The fourth-order valence-electron chi connectivity index (χ4n) is 3.37. The Bertz CT molecular complexity index is 1140. The summed E-state index contributed by atoms with van der Waals surface area (Å²) in [4.78, 5) is 46.6. The maximum Gasteiger partial charge on any atom is 0.324 e. The van der Waals surface area contributed by atoms with Gasteiger partial charge in [0.25, 0.3) is 0 Å². The molecule has 1 aromatic heterocycles. The van der Waals surface area contributed by atoms with Gasteiger partial charge in [-0.25, -0.2) is 9.97 Å². The molecule has 0 bridgehead atoms. The van der Waals surface area contributed by atoms with Gasteiger partial charge in [0, 0.05) is 5.56 Å². The van der Waals surface area contributed by atoms with Gasteiger partial charge >= 0.3 is 5.97 Å². The Hall–Kier alpha value is -3.61. The Morgan fingerprint density at radius 2 is 1.70 bits per heavy atom. The molecule has 3 aromatic rings. The first kappa shape index (κ1) is 21.1. The Labute approximate surface area is 174 Å². The van der Waals surface area contributed by atoms with Gasteiger partial charge < -0.3 is 10.5 Å². The molecular weight excluding hydrogens is 382 g/mol. The number of carbonyl (C=O) groups excluding carboxylic acids is 3. The Morgan fingerprint density at radius 1 is 1.03 bits per heavy atom. The second-order valence-electron chi connectivity index (χ2n) is 7.05. The smallest absolute Gasteiger partial charge is 0.324 e. The number of rotatable bonds is 7. The van der Waals surface area contributed by atoms with Crippen LogP contribution >= 0.6 is 0 Å². The van der Waals surface area contributed by atoms with Crippen molar-refractivity contribution in [3.05, 3.63) is 70.5 Å². The molecule has 0 fully saturated rings. The molecule has 154 valence electrons. The fraction of sp³-hybridized carbons (Fsp3) is 0.261. The Balaban J connectivity index is 2.11. The van der Waals surface area contributed by atoms with E-state index in [1.807, 2.05) is 26.0 Å². The number of hydrogen-bond acceptors (Lipinski definition) is 6. The maximum atomic E-state index is 13.0. The lowest BCUT2D eigenvalue weighted by Crippen LogP contribution is -2.32. The van der Waals surface area contributed by atoms with Crippen LogP contribution in [-0.2, 0) is 20.7 Å². The van der Waals surface area contributed by atoms with E-state index < -0.39 is 17.8 Å². The van der Waals surface area contributed by atoms with E-state index in [9.17, 15) is 14.4 Å². The molecule has 1 heterocycles. The van der Waals surface area contributed by atoms with Gasteiger partial charge in [-0.15, -0.1) is 0 Å². The number of para-hydroxylation sites is 2. The van der Waals surface area contributed by atoms with Gasteiger partial charge in [-0.3, -0.25) is 14.4 Å². The predicted molar refractivity (Wildman–Crippen MR) is 112 cm³/mol. The van der Waals surface area contributed by atoms with Gasteiger partial charge in [0.05, 0.1) is 35.4 Å². The average Bonchev–Trinajstić information content (AvgIpc) is 2.68. The van der Waals surface area contributed by atoms with Gasteiger partial charge in [-0.05, 0) is 38.5 Å². The minimum Gasteiger partial charge on any atom is -0.465 e. The number of ether oxygens (including phenoxy) is 1. The molecule has 0 aliphatic rings. The molecule has 30 heavy (non-hydrogen) atoms. The number of hydrogen-bond donors (Lipinski definition) is 1. The molecule has 0 saturated heterocycles. The van der Waals surface area contributed by atoms with Gasteiger partial charge in [0.1, 0.15) is 0 Å². The number of ketones is 1. The monoisotopic (exact) mass is 405 g/mol. The third-order valence-corrected chi connectivity index (χ3v) is 4.76. The second kappa shape index (κ2) is 8.82. The van der Waals surface area contributed by atoms with Crippen molar-refractivity contribution in [2.75, 3.05) is 6.61 Å². The number of benzene rings is 2. The average molecular weight is 405 g/mol. The molecule has 2 N–H and O–H groups in total. The van der Waals surface area contributed by atoms with Crippen LogP contribution in [0.2, 0.25) is 0 Å². The van der Waals surface area contributed by atoms with Crippen molar-refractivity contribution in [2.24, 2.45) is 5.73 Å². The summed E-state index contributed by atoms with van der Waals surface area (Å²) in [5, 5.41) is 0. The third kappa shape index (κ3) is 4.35. The standard InChI is InChI=1S/C23H23N3O4/c1-4-30-23(29)20(22(24)28)21-18(25-16-7-5-6-8-17(16)26-21)12-19(27)15-10-9-13(2)11-14(15)3/h5-11,20H,4,12H2,1-3H3,(H2,24,28)/t20-/m1/s1. The van der Waals surface area contributed by atoms with E-state index in [4.69, 9.17) is 10.5 Å². The molecule has 0 aliphatic heterocycles. The van der Waals surface area contributed by atoms with Gasteiger partial charge in [0.2, 0.25) is 5.91 Å². The summed E-state index contributed by atoms with van der Waals surface area (Å²) < 4.78 is 5.02. The molecule has 2 aromatic carbocycles. The molecule has 0 saturated carbocycles. The number of Topliss-reactive ketones (excluding diaryl/α,β-unsaturated/α-hetero) is 1. The summed E-state index contributed by atoms with van der Waals surface area (Å²) in [5.74, 6) is -3.34. The number of primary amides is 1. The van der Waals surface area contributed by atoms with Crippen LogP contribution in [0.1, 0.15) is 45.7 Å². The van der Waals surface area contributed by atoms with E-state index in [0.29, 0.717) is 16.6 Å². The molecule has 3 rings (SSSR count). The summed E-state index contributed by atoms with van der Waals surface area (Å²) in [6, 6.07) is 12.6. The summed E-state index contributed by atoms with van der Waals surface area (Å²) in [7, 11) is 0. The van der Waals surface area contributed by atoms with Crippen molar-refractivity contribution in [2.45, 2.75) is 33.1 Å². The van der Waals surface area contributed by atoms with E-state index in [0.717, 1.165) is 11.1 Å². The molecule has 0 radical (unpaired) electrons. The summed E-state index contributed by atoms with van der Waals surface area (Å²) in [6.07, 6.45) is -0.125. The van der Waals surface area contributed by atoms with Crippen LogP contribution in [0.4, 0.5) is 0 Å². The zero-order chi connectivity index (χ0) is 21.8. The van der Waals surface area contributed by atoms with Crippen LogP contribution in [0.25, 0.3) is 11.0 Å². The zero-order valence-electron chi connectivity index (χ0n) is 17.1. The minimum atomic E-state index is -1.44. The first-order valence-electron chi connectivity index (χ1n) is 9.63. The van der Waals surface area contributed by atoms with Crippen molar-refractivity contribution in [1.82, 2.24) is 9.97 Å². The highest BCUT2D eigenvalue weighted by atomic mass is 16.5. The summed E-state index contributed by atoms with van der Waals surface area (Å²) >= 11 is 0. The van der Waals surface area contributed by atoms with Crippen molar-refractivity contribution in [3.8, 4) is 0 Å². The van der Waals surface area contributed by atoms with Crippen LogP contribution in [0.3, 0.4) is 0 Å². The largest absolute Gasteiger partial charge is 0.465 e. The first-order chi connectivity index (χ1) is 14.3. The molecule has 0 unspecified atom stereocenters. The van der Waals surface area contributed by atoms with Crippen molar-refractivity contribution in [3.63, 3.8) is 0 Å². The molecule has 0 aliphatic carbocycles. The minimum absolute atomic E-state index is 0.0535. The van der Waals surface area contributed by atoms with Crippen molar-refractivity contribution < 1.29 is 19.1 Å². The first-order valence-corrected chi connectivity index (χ1v) is 9.63. The number of amides is 1. The van der Waals surface area contributed by atoms with Crippen molar-refractivity contribution in [1.29, 1.82) is 0 Å². The molecular formula is C23H23N3O4. The van der Waals surface area contributed by atoms with E-state index in [1.165, 1.54) is 0 Å². The predicted octanol–water partition coefficient (Wildman–Crippen LogP) is 2.80. The number of nitrogens with zero attached hydrogens (tertiary/aromatic N) is 2. The normalized spacial score (nSPS) is 11.8.